The number of thioether (sulfide) groups is 2. The van der Waals surface area contributed by atoms with Crippen LogP contribution in [0.5, 0.6) is 11.5 Å². The average molecular weight is 793 g/mol. The van der Waals surface area contributed by atoms with Crippen molar-refractivity contribution in [3.05, 3.63) is 58.1 Å². The number of nitrogens with one attached hydrogen (secondary N) is 2. The second kappa shape index (κ2) is 14.3. The number of anilines is 1. The highest BCUT2D eigenvalue weighted by Gasteiger charge is 2.54. The second-order valence-corrected chi connectivity index (χ2v) is 15.7. The fraction of sp³-hybridized carbons (Fsp3) is 0.222. The van der Waals surface area contributed by atoms with Crippen molar-refractivity contribution in [1.29, 1.82) is 0 Å². The lowest BCUT2D eigenvalue weighted by molar-refractivity contribution is -0.150. The molecule has 52 heavy (non-hydrogen) atoms. The molecule has 6 rings (SSSR count). The van der Waals surface area contributed by atoms with Crippen LogP contribution >= 0.6 is 34.9 Å². The molecule has 0 aliphatic carbocycles. The molecular weight excluding hydrogens is 769 g/mol. The van der Waals surface area contributed by atoms with Gasteiger partial charge in [0.25, 0.3) is 17.6 Å². The number of benzene rings is 1. The van der Waals surface area contributed by atoms with E-state index in [1.165, 1.54) is 27.1 Å². The van der Waals surface area contributed by atoms with Gasteiger partial charge in [0.1, 0.15) is 27.8 Å². The summed E-state index contributed by atoms with van der Waals surface area (Å²) in [5, 5.41) is 49.4. The third-order valence-electron chi connectivity index (χ3n) is 7.29. The number of aryl methyl sites for hydroxylation is 1. The molecule has 1 saturated heterocycles. The first-order chi connectivity index (χ1) is 24.7. The smallest absolute Gasteiger partial charge is 0.352 e. The number of carbonyl (C=O) groups is 4. The fourth-order valence-electron chi connectivity index (χ4n) is 4.89. The molecule has 1 aromatic carbocycles. The number of thiazole rings is 1. The van der Waals surface area contributed by atoms with Crippen LogP contribution in [0, 0.1) is 6.92 Å². The molecule has 0 radical (unpaired) electrons. The zero-order chi connectivity index (χ0) is 37.5. The normalized spacial score (nSPS) is 17.5. The van der Waals surface area contributed by atoms with Crippen LogP contribution in [0.25, 0.3) is 5.78 Å². The number of oxime groups is 1. The third-order valence-corrected chi connectivity index (χ3v) is 11.8. The first-order valence-corrected chi connectivity index (χ1v) is 18.9. The molecule has 3 aromatic heterocycles. The first kappa shape index (κ1) is 36.3. The van der Waals surface area contributed by atoms with E-state index in [9.17, 15) is 42.9 Å². The van der Waals surface area contributed by atoms with E-state index >= 15 is 0 Å². The summed E-state index contributed by atoms with van der Waals surface area (Å²) in [5.74, 6) is -6.44. The zero-order valence-corrected chi connectivity index (χ0v) is 29.4. The Morgan fingerprint density at radius 1 is 1.17 bits per heavy atom. The minimum Gasteiger partial charge on any atom is -0.504 e. The lowest BCUT2D eigenvalue weighted by atomic mass is 10.0. The lowest BCUT2D eigenvalue weighted by Crippen LogP contribution is -2.71. The quantitative estimate of drug-likeness (QED) is 0.0184. The van der Waals surface area contributed by atoms with Crippen molar-refractivity contribution in [1.82, 2.24) is 40.3 Å². The number of phenols is 2. The molecule has 25 heteroatoms. The number of nitrogen functional groups attached to an aromatic ring is 1. The van der Waals surface area contributed by atoms with E-state index < -0.39 is 73.0 Å². The Morgan fingerprint density at radius 3 is 2.62 bits per heavy atom. The number of hydroxylamine groups is 1. The van der Waals surface area contributed by atoms with Gasteiger partial charge in [0, 0.05) is 28.6 Å². The van der Waals surface area contributed by atoms with Crippen molar-refractivity contribution in [2.75, 3.05) is 23.2 Å². The molecular formula is C27H24N10O11S4. The van der Waals surface area contributed by atoms with Crippen LogP contribution in [-0.2, 0) is 29.1 Å². The molecule has 2 atom stereocenters. The van der Waals surface area contributed by atoms with Crippen molar-refractivity contribution in [3.63, 3.8) is 0 Å². The molecule has 21 nitrogen and oxygen atoms in total. The van der Waals surface area contributed by atoms with E-state index in [-0.39, 0.29) is 39.6 Å². The van der Waals surface area contributed by atoms with Gasteiger partial charge in [-0.1, -0.05) is 5.16 Å². The maximum absolute atomic E-state index is 13.4. The van der Waals surface area contributed by atoms with Crippen molar-refractivity contribution in [2.45, 2.75) is 28.3 Å². The number of hydrogen-bond acceptors (Lipinski definition) is 19. The predicted molar refractivity (Wildman–Crippen MR) is 181 cm³/mol. The molecule has 0 unspecified atom stereocenters. The van der Waals surface area contributed by atoms with Gasteiger partial charge in [0.15, 0.2) is 22.3 Å². The van der Waals surface area contributed by atoms with Crippen molar-refractivity contribution in [2.24, 2.45) is 5.16 Å². The van der Waals surface area contributed by atoms with Gasteiger partial charge < -0.3 is 31.2 Å². The number of hydrogen-bond donors (Lipinski definition) is 7. The number of rotatable bonds is 12. The van der Waals surface area contributed by atoms with E-state index in [0.29, 0.717) is 16.3 Å². The van der Waals surface area contributed by atoms with Crippen LogP contribution in [0.1, 0.15) is 22.0 Å². The molecule has 272 valence electrons. The summed E-state index contributed by atoms with van der Waals surface area (Å²) in [6, 6.07) is 3.23. The topological polar surface area (TPSA) is 314 Å². The molecule has 3 amide bonds. The maximum Gasteiger partial charge on any atom is 0.352 e. The highest BCUT2D eigenvalue weighted by molar-refractivity contribution is 8.01. The van der Waals surface area contributed by atoms with E-state index in [1.807, 2.05) is 0 Å². The molecule has 4 aromatic rings. The summed E-state index contributed by atoms with van der Waals surface area (Å²) in [7, 11) is -4.24. The summed E-state index contributed by atoms with van der Waals surface area (Å²) >= 11 is 3.28. The molecule has 2 aliphatic heterocycles. The van der Waals surface area contributed by atoms with Gasteiger partial charge in [-0.05, 0) is 30.7 Å². The van der Waals surface area contributed by atoms with Crippen molar-refractivity contribution in [3.8, 4) is 11.5 Å². The zero-order valence-electron chi connectivity index (χ0n) is 26.2. The number of fused-ring (bicyclic) bond motifs is 2. The monoisotopic (exact) mass is 792 g/mol. The summed E-state index contributed by atoms with van der Waals surface area (Å²) in [6.45, 7) is 1.68. The van der Waals surface area contributed by atoms with Crippen LogP contribution in [0.15, 0.2) is 56.0 Å². The number of nitrogens with zero attached hydrogens (tertiary/aromatic N) is 7. The van der Waals surface area contributed by atoms with Crippen LogP contribution in [0.2, 0.25) is 0 Å². The minimum absolute atomic E-state index is 0.0423. The van der Waals surface area contributed by atoms with E-state index in [0.717, 1.165) is 46.2 Å². The van der Waals surface area contributed by atoms with Crippen LogP contribution < -0.4 is 16.5 Å². The van der Waals surface area contributed by atoms with E-state index in [4.69, 9.17) is 15.8 Å². The van der Waals surface area contributed by atoms with Gasteiger partial charge >= 0.3 is 11.9 Å². The molecule has 5 heterocycles. The number of carboxylic acid groups (broad SMARTS) is 1. The molecule has 0 bridgehead atoms. The molecule has 0 saturated carbocycles. The summed E-state index contributed by atoms with van der Waals surface area (Å²) in [6.07, 6.45) is 0. The number of aromatic nitrogens is 5. The highest BCUT2D eigenvalue weighted by Crippen LogP contribution is 2.41. The number of nitrogens with two attached hydrogens (primary N) is 1. The summed E-state index contributed by atoms with van der Waals surface area (Å²) in [4.78, 5) is 68.9. The number of aromatic hydroxyl groups is 2. The van der Waals surface area contributed by atoms with E-state index in [1.54, 1.807) is 13.0 Å². The standard InChI is InChI=1S/C27H24N10O11S4/c1-10-4-16(37-27(29-10)32-20(33-37)22(41)34-45)49-6-11-7-50-24-18(23(42)36(24)19(11)25(43)44)31-21(40)17(13-8-51-26(28)30-13)35-48-9-52(46,47)12-2-3-14(38)15(39)5-12/h2-5,8,18,24,38-39,45H,6-7,9H2,1H3,(H2,28,30)(H,31,40)(H,34,41)(H,43,44)/b35-17-/t18-,24-/m1/s1. The van der Waals surface area contributed by atoms with Gasteiger partial charge in [-0.3, -0.25) is 24.5 Å². The number of phenolic OH excluding ortho intramolecular Hbond substituents is 2. The Bertz CT molecular complexity index is 2330. The second-order valence-electron chi connectivity index (χ2n) is 10.8. The number of sulfone groups is 1. The third kappa shape index (κ3) is 7.02. The maximum atomic E-state index is 13.4. The first-order valence-electron chi connectivity index (χ1n) is 14.4. The Kier molecular flexibility index (Phi) is 9.95. The molecule has 0 spiro atoms. The SMILES string of the molecule is Cc1cc(SCC2=C(C(=O)O)N3C(=O)[C@@H](NC(=O)/C(=N\OCS(=O)(=O)c4ccc(O)c(O)c4)c4csc(N)n4)[C@H]3SC2)n2nc(C(=O)NO)nc2n1. The van der Waals surface area contributed by atoms with Crippen molar-refractivity contribution >= 4 is 85.0 Å². The summed E-state index contributed by atoms with van der Waals surface area (Å²) in [5.41, 5.74) is 7.16. The Balaban J connectivity index is 1.18. The average Bonchev–Trinajstić information content (AvgIpc) is 3.74. The lowest BCUT2D eigenvalue weighted by Gasteiger charge is -2.49. The van der Waals surface area contributed by atoms with Gasteiger partial charge in [0.2, 0.25) is 21.6 Å². The van der Waals surface area contributed by atoms with E-state index in [2.05, 4.69) is 30.5 Å². The number of aliphatic carboxylic acids is 1. The number of carboxylic acids is 1. The number of carbonyl (C=O) groups excluding carboxylic acids is 3. The van der Waals surface area contributed by atoms with Crippen molar-refractivity contribution < 1.29 is 53.0 Å². The Hall–Kier alpha value is -5.50. The molecule has 2 aliphatic rings. The summed E-state index contributed by atoms with van der Waals surface area (Å²) < 4.78 is 26.7. The van der Waals surface area contributed by atoms with Crippen LogP contribution in [0.4, 0.5) is 5.13 Å². The number of β-lactam (4-membered cyclic amide) rings is 1. The van der Waals surface area contributed by atoms with Gasteiger partial charge in [-0.15, -0.1) is 40.0 Å². The van der Waals surface area contributed by atoms with Crippen LogP contribution in [0.3, 0.4) is 0 Å². The Morgan fingerprint density at radius 2 is 1.94 bits per heavy atom. The van der Waals surface area contributed by atoms with Crippen LogP contribution in [-0.4, -0.2) is 117 Å². The van der Waals surface area contributed by atoms with Gasteiger partial charge in [-0.25, -0.2) is 28.7 Å². The van der Waals surface area contributed by atoms with Gasteiger partial charge in [0.05, 0.1) is 4.90 Å². The number of amides is 3. The molecule has 8 N–H and O–H groups in total. The van der Waals surface area contributed by atoms with Gasteiger partial charge in [-0.2, -0.15) is 9.50 Å². The minimum atomic E-state index is -4.24. The highest BCUT2D eigenvalue weighted by atomic mass is 32.2. The predicted octanol–water partition coefficient (Wildman–Crippen LogP) is -0.315. The molecule has 1 fully saturated rings. The fourth-order valence-corrected chi connectivity index (χ4v) is 8.87. The largest absolute Gasteiger partial charge is 0.504 e. The Labute approximate surface area is 303 Å².